The van der Waals surface area contributed by atoms with Crippen molar-refractivity contribution in [2.75, 3.05) is 18.5 Å². The molecule has 25 heavy (non-hydrogen) atoms. The number of fused-ring (bicyclic) bond motifs is 1. The third kappa shape index (κ3) is 3.98. The fourth-order valence-electron chi connectivity index (χ4n) is 2.49. The molecule has 3 rings (SSSR count). The number of aliphatic hydroxyl groups excluding tert-OH is 1. The van der Waals surface area contributed by atoms with Crippen molar-refractivity contribution in [3.63, 3.8) is 0 Å². The number of aryl methyl sites for hydroxylation is 1. The SMILES string of the molecule is CCc1c[nH]c2ncnc(NCC(O)COc3cccc(Cl)c3Cl)c12. The summed E-state index contributed by atoms with van der Waals surface area (Å²) in [6.45, 7) is 2.42. The van der Waals surface area contributed by atoms with Gasteiger partial charge in [-0.25, -0.2) is 9.97 Å². The molecule has 0 fully saturated rings. The van der Waals surface area contributed by atoms with Crippen molar-refractivity contribution in [1.29, 1.82) is 0 Å². The number of H-pyrrole nitrogens is 1. The summed E-state index contributed by atoms with van der Waals surface area (Å²) < 4.78 is 5.54. The fraction of sp³-hybridized carbons (Fsp3) is 0.294. The van der Waals surface area contributed by atoms with E-state index < -0.39 is 6.10 Å². The molecule has 0 aliphatic carbocycles. The van der Waals surface area contributed by atoms with Crippen molar-refractivity contribution in [3.05, 3.63) is 46.3 Å². The first-order valence-corrected chi connectivity index (χ1v) is 8.65. The van der Waals surface area contributed by atoms with Gasteiger partial charge in [0.15, 0.2) is 0 Å². The number of benzene rings is 1. The van der Waals surface area contributed by atoms with Crippen LogP contribution in [-0.4, -0.2) is 39.3 Å². The van der Waals surface area contributed by atoms with E-state index in [0.29, 0.717) is 21.6 Å². The molecule has 3 N–H and O–H groups in total. The Morgan fingerprint density at radius 2 is 2.16 bits per heavy atom. The van der Waals surface area contributed by atoms with Crippen LogP contribution >= 0.6 is 23.2 Å². The summed E-state index contributed by atoms with van der Waals surface area (Å²) in [5, 5.41) is 15.0. The maximum atomic E-state index is 10.2. The number of aliphatic hydroxyl groups is 1. The third-order valence-electron chi connectivity index (χ3n) is 3.78. The molecule has 0 bridgehead atoms. The fourth-order valence-corrected chi connectivity index (χ4v) is 2.84. The molecule has 1 aromatic carbocycles. The van der Waals surface area contributed by atoms with E-state index >= 15 is 0 Å². The monoisotopic (exact) mass is 380 g/mol. The summed E-state index contributed by atoms with van der Waals surface area (Å²) in [7, 11) is 0. The van der Waals surface area contributed by atoms with Crippen molar-refractivity contribution in [1.82, 2.24) is 15.0 Å². The van der Waals surface area contributed by atoms with Gasteiger partial charge in [-0.3, -0.25) is 0 Å². The van der Waals surface area contributed by atoms with Gasteiger partial charge >= 0.3 is 0 Å². The van der Waals surface area contributed by atoms with Crippen molar-refractivity contribution < 1.29 is 9.84 Å². The molecule has 8 heteroatoms. The molecule has 1 atom stereocenters. The Hall–Kier alpha value is -2.02. The Morgan fingerprint density at radius 1 is 1.32 bits per heavy atom. The van der Waals surface area contributed by atoms with Gasteiger partial charge in [0.1, 0.15) is 41.3 Å². The molecular weight excluding hydrogens is 363 g/mol. The molecule has 0 saturated carbocycles. The Labute approximate surface area is 155 Å². The topological polar surface area (TPSA) is 83.1 Å². The molecule has 0 spiro atoms. The summed E-state index contributed by atoms with van der Waals surface area (Å²) in [5.41, 5.74) is 1.89. The number of halogens is 2. The number of rotatable bonds is 7. The average Bonchev–Trinajstić information content (AvgIpc) is 3.05. The molecule has 0 aliphatic rings. The number of hydrogen-bond acceptors (Lipinski definition) is 5. The van der Waals surface area contributed by atoms with Crippen LogP contribution in [0.2, 0.25) is 10.0 Å². The van der Waals surface area contributed by atoms with E-state index in [2.05, 4.69) is 27.2 Å². The number of hydrogen-bond donors (Lipinski definition) is 3. The number of nitrogens with zero attached hydrogens (tertiary/aromatic N) is 2. The second kappa shape index (κ2) is 7.91. The van der Waals surface area contributed by atoms with Gasteiger partial charge in [-0.05, 0) is 24.1 Å². The van der Waals surface area contributed by atoms with Gasteiger partial charge in [-0.2, -0.15) is 0 Å². The summed E-state index contributed by atoms with van der Waals surface area (Å²) in [6, 6.07) is 5.12. The highest BCUT2D eigenvalue weighted by atomic mass is 35.5. The highest BCUT2D eigenvalue weighted by molar-refractivity contribution is 6.42. The van der Waals surface area contributed by atoms with Crippen LogP contribution in [0.25, 0.3) is 11.0 Å². The minimum Gasteiger partial charge on any atom is -0.489 e. The normalized spacial score (nSPS) is 12.3. The number of anilines is 1. The molecule has 0 aliphatic heterocycles. The molecular formula is C17H18Cl2N4O2. The van der Waals surface area contributed by atoms with Crippen LogP contribution in [0.15, 0.2) is 30.7 Å². The highest BCUT2D eigenvalue weighted by Gasteiger charge is 2.13. The van der Waals surface area contributed by atoms with Crippen LogP contribution in [0.1, 0.15) is 12.5 Å². The van der Waals surface area contributed by atoms with E-state index in [1.54, 1.807) is 18.2 Å². The van der Waals surface area contributed by atoms with Crippen LogP contribution in [0, 0.1) is 0 Å². The lowest BCUT2D eigenvalue weighted by molar-refractivity contribution is 0.117. The van der Waals surface area contributed by atoms with Crippen molar-refractivity contribution in [2.24, 2.45) is 0 Å². The molecule has 0 radical (unpaired) electrons. The third-order valence-corrected chi connectivity index (χ3v) is 4.59. The lowest BCUT2D eigenvalue weighted by atomic mass is 10.2. The Balaban J connectivity index is 1.62. The largest absolute Gasteiger partial charge is 0.489 e. The van der Waals surface area contributed by atoms with Crippen LogP contribution in [-0.2, 0) is 6.42 Å². The van der Waals surface area contributed by atoms with E-state index in [1.165, 1.54) is 6.33 Å². The molecule has 132 valence electrons. The first-order chi connectivity index (χ1) is 12.1. The Morgan fingerprint density at radius 3 is 2.96 bits per heavy atom. The van der Waals surface area contributed by atoms with E-state index in [0.717, 1.165) is 23.0 Å². The van der Waals surface area contributed by atoms with E-state index in [9.17, 15) is 5.11 Å². The van der Waals surface area contributed by atoms with Gasteiger partial charge in [0.05, 0.1) is 10.4 Å². The van der Waals surface area contributed by atoms with Crippen molar-refractivity contribution >= 4 is 40.1 Å². The second-order valence-electron chi connectivity index (χ2n) is 5.51. The first-order valence-electron chi connectivity index (χ1n) is 7.89. The molecule has 2 aromatic heterocycles. The second-order valence-corrected chi connectivity index (χ2v) is 6.30. The predicted octanol–water partition coefficient (Wildman–Crippen LogP) is 3.68. The van der Waals surface area contributed by atoms with Gasteiger partial charge < -0.3 is 20.1 Å². The smallest absolute Gasteiger partial charge is 0.143 e. The van der Waals surface area contributed by atoms with Crippen LogP contribution in [0.4, 0.5) is 5.82 Å². The average molecular weight is 381 g/mol. The maximum absolute atomic E-state index is 10.2. The summed E-state index contributed by atoms with van der Waals surface area (Å²) in [6.07, 6.45) is 3.52. The van der Waals surface area contributed by atoms with Gasteiger partial charge in [-0.15, -0.1) is 0 Å². The van der Waals surface area contributed by atoms with Gasteiger partial charge in [0.2, 0.25) is 0 Å². The highest BCUT2D eigenvalue weighted by Crippen LogP contribution is 2.31. The van der Waals surface area contributed by atoms with E-state index in [1.807, 2.05) is 6.20 Å². The minimum atomic E-state index is -0.746. The van der Waals surface area contributed by atoms with Crippen LogP contribution < -0.4 is 10.1 Å². The number of ether oxygens (including phenoxy) is 1. The number of aromatic nitrogens is 3. The Kier molecular flexibility index (Phi) is 5.63. The standard InChI is InChI=1S/C17H18Cl2N4O2/c1-2-10-6-20-16-14(10)17(23-9-22-16)21-7-11(24)8-25-13-5-3-4-12(18)15(13)19/h3-6,9,11,24H,2,7-8H2,1H3,(H2,20,21,22,23). The van der Waals surface area contributed by atoms with Crippen molar-refractivity contribution in [2.45, 2.75) is 19.4 Å². The van der Waals surface area contributed by atoms with Gasteiger partial charge in [0, 0.05) is 12.7 Å². The lowest BCUT2D eigenvalue weighted by Crippen LogP contribution is -2.26. The molecule has 6 nitrogen and oxygen atoms in total. The molecule has 0 saturated heterocycles. The van der Waals surface area contributed by atoms with Crippen LogP contribution in [0.3, 0.4) is 0 Å². The van der Waals surface area contributed by atoms with E-state index in [-0.39, 0.29) is 13.2 Å². The summed E-state index contributed by atoms with van der Waals surface area (Å²) >= 11 is 12.0. The zero-order valence-electron chi connectivity index (χ0n) is 13.6. The quantitative estimate of drug-likeness (QED) is 0.582. The number of aromatic amines is 1. The summed E-state index contributed by atoms with van der Waals surface area (Å²) in [5.74, 6) is 1.12. The lowest BCUT2D eigenvalue weighted by Gasteiger charge is -2.15. The van der Waals surface area contributed by atoms with E-state index in [4.69, 9.17) is 27.9 Å². The molecule has 1 unspecified atom stereocenters. The van der Waals surface area contributed by atoms with Crippen molar-refractivity contribution in [3.8, 4) is 5.75 Å². The predicted molar refractivity (Wildman–Crippen MR) is 99.7 cm³/mol. The first kappa shape index (κ1) is 17.8. The zero-order chi connectivity index (χ0) is 17.8. The Bertz CT molecular complexity index is 869. The van der Waals surface area contributed by atoms with Crippen LogP contribution in [0.5, 0.6) is 5.75 Å². The van der Waals surface area contributed by atoms with Gasteiger partial charge in [0.25, 0.3) is 0 Å². The number of nitrogens with one attached hydrogen (secondary N) is 2. The molecule has 2 heterocycles. The van der Waals surface area contributed by atoms with Gasteiger partial charge in [-0.1, -0.05) is 36.2 Å². The summed E-state index contributed by atoms with van der Waals surface area (Å²) in [4.78, 5) is 11.6. The molecule has 3 aromatic rings. The minimum absolute atomic E-state index is 0.0784. The molecule has 0 amide bonds. The zero-order valence-corrected chi connectivity index (χ0v) is 15.1. The maximum Gasteiger partial charge on any atom is 0.143 e.